The normalized spacial score (nSPS) is 6.56. The molecule has 0 heterocycles. The third-order valence-electron chi connectivity index (χ3n) is 1.78. The fourth-order valence-corrected chi connectivity index (χ4v) is 1.00. The van der Waals surface area contributed by atoms with Crippen molar-refractivity contribution in [3.63, 3.8) is 0 Å². The Morgan fingerprint density at radius 3 is 2.25 bits per heavy atom. The smallest absolute Gasteiger partial charge is 0.0000226 e. The van der Waals surface area contributed by atoms with Gasteiger partial charge >= 0.3 is 0 Å². The van der Waals surface area contributed by atoms with Crippen LogP contribution in [0.1, 0.15) is 39.0 Å². The summed E-state index contributed by atoms with van der Waals surface area (Å²) in [5, 5.41) is 0. The first-order chi connectivity index (χ1) is 7.91. The van der Waals surface area contributed by atoms with Crippen LogP contribution >= 0.6 is 0 Å². The highest BCUT2D eigenvalue weighted by atomic mass is 13.9. The summed E-state index contributed by atoms with van der Waals surface area (Å²) in [5.74, 6) is 0. The highest BCUT2D eigenvalue weighted by Crippen LogP contribution is 2.01. The highest BCUT2D eigenvalue weighted by Gasteiger charge is 1.82. The molecule has 0 bridgehead atoms. The van der Waals surface area contributed by atoms with Gasteiger partial charge in [0.25, 0.3) is 0 Å². The van der Waals surface area contributed by atoms with Gasteiger partial charge in [-0.25, -0.2) is 0 Å². The molecular formula is C16H16. The molecule has 0 aliphatic rings. The maximum Gasteiger partial charge on any atom is -0.0000226 e. The monoisotopic (exact) mass is 208 g/mol. The van der Waals surface area contributed by atoms with Crippen molar-refractivity contribution in [3.8, 4) is 0 Å². The lowest BCUT2D eigenvalue weighted by Crippen LogP contribution is -1.72. The number of unbranched alkanes of at least 4 members (excludes halogenated alkanes) is 4. The van der Waals surface area contributed by atoms with Crippen molar-refractivity contribution >= 4 is 0 Å². The van der Waals surface area contributed by atoms with Gasteiger partial charge in [-0.1, -0.05) is 37.6 Å². The van der Waals surface area contributed by atoms with Gasteiger partial charge in [0.05, 0.1) is 0 Å². The summed E-state index contributed by atoms with van der Waals surface area (Å²) in [6.45, 7) is 5.54. The molecule has 0 aromatic rings. The Kier molecular flexibility index (Phi) is 11.3. The summed E-state index contributed by atoms with van der Waals surface area (Å²) >= 11 is 0. The summed E-state index contributed by atoms with van der Waals surface area (Å²) in [5.41, 5.74) is 20.9. The van der Waals surface area contributed by atoms with Crippen molar-refractivity contribution in [2.45, 2.75) is 39.0 Å². The molecule has 0 radical (unpaired) electrons. The van der Waals surface area contributed by atoms with Crippen LogP contribution in [-0.4, -0.2) is 0 Å². The predicted octanol–water partition coefficient (Wildman–Crippen LogP) is 4.38. The van der Waals surface area contributed by atoms with Crippen LogP contribution in [0, 0.1) is 0 Å². The zero-order valence-corrected chi connectivity index (χ0v) is 9.82. The van der Waals surface area contributed by atoms with Crippen LogP contribution in [0.3, 0.4) is 0 Å². The quantitative estimate of drug-likeness (QED) is 0.464. The van der Waals surface area contributed by atoms with Crippen LogP contribution in [0.5, 0.6) is 0 Å². The molecule has 16 heavy (non-hydrogen) atoms. The first kappa shape index (κ1) is 14.0. The van der Waals surface area contributed by atoms with Gasteiger partial charge in [0.15, 0.2) is 0 Å². The molecule has 0 N–H and O–H groups in total. The Bertz CT molecular complexity index is 470. The minimum Gasteiger partial charge on any atom is -0.0687 e. The molecule has 0 fully saturated rings. The molecule has 0 saturated heterocycles. The molecule has 0 unspecified atom stereocenters. The van der Waals surface area contributed by atoms with Crippen molar-refractivity contribution in [1.29, 1.82) is 0 Å². The van der Waals surface area contributed by atoms with Crippen LogP contribution in [0.15, 0.2) is 58.5 Å². The highest BCUT2D eigenvalue weighted by molar-refractivity contribution is 4.90. The molecule has 0 nitrogen and oxygen atoms in total. The lowest BCUT2D eigenvalue weighted by atomic mass is 10.1. The predicted molar refractivity (Wildman–Crippen MR) is 67.1 cm³/mol. The Morgan fingerprint density at radius 2 is 1.56 bits per heavy atom. The molecule has 0 amide bonds. The van der Waals surface area contributed by atoms with Crippen molar-refractivity contribution < 1.29 is 0 Å². The van der Waals surface area contributed by atoms with E-state index in [0.717, 1.165) is 6.42 Å². The van der Waals surface area contributed by atoms with E-state index in [9.17, 15) is 0 Å². The molecule has 0 saturated carbocycles. The number of allylic oxidation sites excluding steroid dienone is 1. The molecule has 0 rings (SSSR count). The van der Waals surface area contributed by atoms with Gasteiger partial charge < -0.3 is 0 Å². The number of hydrogen-bond donors (Lipinski definition) is 0. The lowest BCUT2D eigenvalue weighted by molar-refractivity contribution is 0.675. The van der Waals surface area contributed by atoms with Gasteiger partial charge in [-0.2, -0.15) is 0 Å². The largest absolute Gasteiger partial charge is 0.0687 e. The van der Waals surface area contributed by atoms with E-state index in [4.69, 9.17) is 0 Å². The van der Waals surface area contributed by atoms with Crippen LogP contribution in [0.4, 0.5) is 0 Å². The van der Waals surface area contributed by atoms with E-state index in [2.05, 4.69) is 59.4 Å². The minimum absolute atomic E-state index is 1.05. The van der Waals surface area contributed by atoms with Gasteiger partial charge in [-0.05, 0) is 59.9 Å². The molecule has 0 aromatic heterocycles. The van der Waals surface area contributed by atoms with Gasteiger partial charge in [0.2, 0.25) is 0 Å². The summed E-state index contributed by atoms with van der Waals surface area (Å²) in [6, 6.07) is 0. The van der Waals surface area contributed by atoms with Crippen molar-refractivity contribution in [2.24, 2.45) is 0 Å². The van der Waals surface area contributed by atoms with Crippen LogP contribution in [-0.2, 0) is 0 Å². The van der Waals surface area contributed by atoms with Crippen LogP contribution in [0.2, 0.25) is 0 Å². The Morgan fingerprint density at radius 1 is 0.875 bits per heavy atom. The molecule has 0 heteroatoms. The molecule has 0 atom stereocenters. The summed E-state index contributed by atoms with van der Waals surface area (Å²) in [4.78, 5) is 0. The van der Waals surface area contributed by atoms with Gasteiger partial charge in [0.1, 0.15) is 0 Å². The van der Waals surface area contributed by atoms with Crippen LogP contribution < -0.4 is 0 Å². The topological polar surface area (TPSA) is 0 Å². The molecule has 0 aromatic carbocycles. The SMILES string of the molecule is C=C=C=C=C=C=C=C=C=CCCCCCC. The molecular weight excluding hydrogens is 192 g/mol. The molecule has 0 aliphatic carbocycles. The van der Waals surface area contributed by atoms with E-state index < -0.39 is 0 Å². The van der Waals surface area contributed by atoms with Gasteiger partial charge in [0, 0.05) is 0 Å². The van der Waals surface area contributed by atoms with Crippen LogP contribution in [0.25, 0.3) is 0 Å². The van der Waals surface area contributed by atoms with E-state index in [1.807, 2.05) is 6.08 Å². The zero-order valence-electron chi connectivity index (χ0n) is 9.82. The van der Waals surface area contributed by atoms with Crippen molar-refractivity contribution in [2.75, 3.05) is 0 Å². The second-order valence-corrected chi connectivity index (χ2v) is 3.12. The standard InChI is InChI=1S/C16H16/c1-3-5-7-9-11-13-15-16-14-12-10-8-6-4-2/h14H,1,4,6,8,10,12H2,2H3. The number of hydrogen-bond acceptors (Lipinski definition) is 0. The maximum absolute atomic E-state index is 3.33. The maximum atomic E-state index is 3.33. The van der Waals surface area contributed by atoms with E-state index in [1.54, 1.807) is 0 Å². The first-order valence-electron chi connectivity index (χ1n) is 5.51. The second kappa shape index (κ2) is 13.0. The average Bonchev–Trinajstić information content (AvgIpc) is 2.31. The summed E-state index contributed by atoms with van der Waals surface area (Å²) in [6.07, 6.45) is 8.10. The molecule has 0 spiro atoms. The van der Waals surface area contributed by atoms with Gasteiger partial charge in [-0.3, -0.25) is 0 Å². The van der Waals surface area contributed by atoms with E-state index in [0.29, 0.717) is 0 Å². The van der Waals surface area contributed by atoms with Gasteiger partial charge in [-0.15, -0.1) is 0 Å². The van der Waals surface area contributed by atoms with Crippen molar-refractivity contribution in [1.82, 2.24) is 0 Å². The number of rotatable bonds is 5. The fourth-order valence-electron chi connectivity index (χ4n) is 1.00. The van der Waals surface area contributed by atoms with E-state index in [1.165, 1.54) is 25.7 Å². The third-order valence-corrected chi connectivity index (χ3v) is 1.78. The van der Waals surface area contributed by atoms with Crippen molar-refractivity contribution in [3.05, 3.63) is 58.5 Å². The fraction of sp³-hybridized carbons (Fsp3) is 0.375. The average molecular weight is 208 g/mol. The summed E-state index contributed by atoms with van der Waals surface area (Å²) < 4.78 is 0. The third kappa shape index (κ3) is 12.0. The molecule has 0 aliphatic heterocycles. The Balaban J connectivity index is 4.23. The van der Waals surface area contributed by atoms with E-state index in [-0.39, 0.29) is 0 Å². The Labute approximate surface area is 98.0 Å². The Hall–Kier alpha value is -2.02. The first-order valence-corrected chi connectivity index (χ1v) is 5.51. The van der Waals surface area contributed by atoms with E-state index >= 15 is 0 Å². The minimum atomic E-state index is 1.05. The molecule has 80 valence electrons. The zero-order chi connectivity index (χ0) is 11.9. The second-order valence-electron chi connectivity index (χ2n) is 3.12. The lowest BCUT2D eigenvalue weighted by Gasteiger charge is -1.91. The summed E-state index contributed by atoms with van der Waals surface area (Å²) in [7, 11) is 0.